The van der Waals surface area contributed by atoms with Crippen molar-refractivity contribution < 1.29 is 9.13 Å². The molecular formula is C13H19FN4O. The van der Waals surface area contributed by atoms with E-state index in [1.165, 1.54) is 6.07 Å². The molecule has 1 aromatic rings. The molecule has 2 rings (SSSR count). The molecule has 0 radical (unpaired) electrons. The number of amidine groups is 1. The first kappa shape index (κ1) is 13.8. The van der Waals surface area contributed by atoms with Gasteiger partial charge in [0.05, 0.1) is 18.8 Å². The van der Waals surface area contributed by atoms with E-state index in [-0.39, 0.29) is 11.4 Å². The molecule has 0 saturated carbocycles. The zero-order chi connectivity index (χ0) is 13.7. The van der Waals surface area contributed by atoms with Gasteiger partial charge in [-0.05, 0) is 12.1 Å². The van der Waals surface area contributed by atoms with Crippen LogP contribution in [0.2, 0.25) is 0 Å². The molecule has 1 aromatic carbocycles. The summed E-state index contributed by atoms with van der Waals surface area (Å²) in [4.78, 5) is 2.28. The van der Waals surface area contributed by atoms with Crippen LogP contribution in [-0.2, 0) is 4.74 Å². The Morgan fingerprint density at radius 3 is 2.84 bits per heavy atom. The fourth-order valence-electron chi connectivity index (χ4n) is 2.12. The van der Waals surface area contributed by atoms with Crippen molar-refractivity contribution in [2.75, 3.05) is 44.7 Å². The Balaban J connectivity index is 1.92. The van der Waals surface area contributed by atoms with Gasteiger partial charge in [-0.15, -0.1) is 0 Å². The number of rotatable bonds is 5. The second-order valence-electron chi connectivity index (χ2n) is 4.46. The maximum atomic E-state index is 13.6. The number of halogens is 1. The molecule has 1 fully saturated rings. The SMILES string of the molecule is N=C(N)c1c(F)cccc1NCCN1CCOCC1. The van der Waals surface area contributed by atoms with E-state index in [0.717, 1.165) is 32.8 Å². The number of anilines is 1. The largest absolute Gasteiger partial charge is 0.384 e. The molecule has 4 N–H and O–H groups in total. The van der Waals surface area contributed by atoms with Gasteiger partial charge in [-0.2, -0.15) is 0 Å². The Kier molecular flexibility index (Phi) is 4.70. The lowest BCUT2D eigenvalue weighted by Crippen LogP contribution is -2.39. The number of nitrogens with two attached hydrogens (primary N) is 1. The molecular weight excluding hydrogens is 247 g/mol. The molecule has 6 heteroatoms. The normalized spacial score (nSPS) is 16.3. The van der Waals surface area contributed by atoms with Crippen molar-refractivity contribution >= 4 is 11.5 Å². The van der Waals surface area contributed by atoms with E-state index < -0.39 is 5.82 Å². The number of hydrogen-bond acceptors (Lipinski definition) is 4. The number of benzene rings is 1. The molecule has 0 unspecified atom stereocenters. The quantitative estimate of drug-likeness (QED) is 0.546. The molecule has 0 aliphatic carbocycles. The van der Waals surface area contributed by atoms with Crippen molar-refractivity contribution in [2.24, 2.45) is 5.73 Å². The minimum atomic E-state index is -0.469. The zero-order valence-corrected chi connectivity index (χ0v) is 10.8. The minimum Gasteiger partial charge on any atom is -0.384 e. The Morgan fingerprint density at radius 1 is 1.42 bits per heavy atom. The number of nitrogens with zero attached hydrogens (tertiary/aromatic N) is 1. The van der Waals surface area contributed by atoms with E-state index in [1.54, 1.807) is 12.1 Å². The van der Waals surface area contributed by atoms with Crippen molar-refractivity contribution in [1.29, 1.82) is 5.41 Å². The summed E-state index contributed by atoms with van der Waals surface area (Å²) in [5.74, 6) is -0.726. The molecule has 1 aliphatic heterocycles. The molecule has 0 bridgehead atoms. The molecule has 0 spiro atoms. The van der Waals surface area contributed by atoms with Gasteiger partial charge in [-0.25, -0.2) is 4.39 Å². The molecule has 1 heterocycles. The number of ether oxygens (including phenoxy) is 1. The average molecular weight is 266 g/mol. The minimum absolute atomic E-state index is 0.143. The summed E-state index contributed by atoms with van der Waals surface area (Å²) in [6, 6.07) is 4.65. The summed E-state index contributed by atoms with van der Waals surface area (Å²) in [7, 11) is 0. The maximum Gasteiger partial charge on any atom is 0.136 e. The van der Waals surface area contributed by atoms with Crippen LogP contribution in [0.5, 0.6) is 0 Å². The van der Waals surface area contributed by atoms with E-state index in [1.807, 2.05) is 0 Å². The zero-order valence-electron chi connectivity index (χ0n) is 10.8. The first-order chi connectivity index (χ1) is 9.18. The molecule has 1 saturated heterocycles. The highest BCUT2D eigenvalue weighted by molar-refractivity contribution is 6.00. The van der Waals surface area contributed by atoms with Gasteiger partial charge in [0.25, 0.3) is 0 Å². The summed E-state index contributed by atoms with van der Waals surface area (Å²) in [6.45, 7) is 4.91. The van der Waals surface area contributed by atoms with Gasteiger partial charge in [-0.3, -0.25) is 10.3 Å². The predicted molar refractivity (Wildman–Crippen MR) is 73.2 cm³/mol. The van der Waals surface area contributed by atoms with Gasteiger partial charge in [0, 0.05) is 31.9 Å². The predicted octanol–water partition coefficient (Wildman–Crippen LogP) is 0.854. The van der Waals surface area contributed by atoms with Gasteiger partial charge >= 0.3 is 0 Å². The van der Waals surface area contributed by atoms with Crippen molar-refractivity contribution in [3.8, 4) is 0 Å². The van der Waals surface area contributed by atoms with Crippen LogP contribution in [0, 0.1) is 11.2 Å². The van der Waals surface area contributed by atoms with Crippen LogP contribution in [0.4, 0.5) is 10.1 Å². The fraction of sp³-hybridized carbons (Fsp3) is 0.462. The molecule has 0 atom stereocenters. The standard InChI is InChI=1S/C13H19FN4O/c14-10-2-1-3-11(12(10)13(15)16)17-4-5-18-6-8-19-9-7-18/h1-3,17H,4-9H2,(H3,15,16). The lowest BCUT2D eigenvalue weighted by Gasteiger charge is -2.26. The third kappa shape index (κ3) is 3.65. The molecule has 19 heavy (non-hydrogen) atoms. The highest BCUT2D eigenvalue weighted by Gasteiger charge is 2.12. The van der Waals surface area contributed by atoms with E-state index >= 15 is 0 Å². The Morgan fingerprint density at radius 2 is 2.16 bits per heavy atom. The summed E-state index contributed by atoms with van der Waals surface area (Å²) in [5, 5.41) is 10.6. The maximum absolute atomic E-state index is 13.6. The highest BCUT2D eigenvalue weighted by atomic mass is 19.1. The number of hydrogen-bond donors (Lipinski definition) is 3. The molecule has 0 amide bonds. The number of morpholine rings is 1. The number of nitrogens with one attached hydrogen (secondary N) is 2. The van der Waals surface area contributed by atoms with Crippen LogP contribution in [0.3, 0.4) is 0 Å². The second kappa shape index (κ2) is 6.49. The molecule has 104 valence electrons. The van der Waals surface area contributed by atoms with Gasteiger partial charge in [0.2, 0.25) is 0 Å². The van der Waals surface area contributed by atoms with Crippen LogP contribution in [0.15, 0.2) is 18.2 Å². The summed E-state index contributed by atoms with van der Waals surface area (Å²) in [5.41, 5.74) is 6.12. The van der Waals surface area contributed by atoms with E-state index in [4.69, 9.17) is 15.9 Å². The molecule has 1 aliphatic rings. The second-order valence-corrected chi connectivity index (χ2v) is 4.46. The lowest BCUT2D eigenvalue weighted by molar-refractivity contribution is 0.0398. The van der Waals surface area contributed by atoms with E-state index in [9.17, 15) is 4.39 Å². The van der Waals surface area contributed by atoms with Crippen LogP contribution in [-0.4, -0.2) is 50.1 Å². The van der Waals surface area contributed by atoms with Crippen LogP contribution < -0.4 is 11.1 Å². The van der Waals surface area contributed by atoms with Crippen molar-refractivity contribution in [1.82, 2.24) is 4.90 Å². The Bertz CT molecular complexity index is 446. The van der Waals surface area contributed by atoms with Gasteiger partial charge in [0.1, 0.15) is 11.7 Å². The average Bonchev–Trinajstić information content (AvgIpc) is 2.39. The first-order valence-corrected chi connectivity index (χ1v) is 6.35. The fourth-order valence-corrected chi connectivity index (χ4v) is 2.12. The van der Waals surface area contributed by atoms with Crippen molar-refractivity contribution in [3.05, 3.63) is 29.6 Å². The summed E-state index contributed by atoms with van der Waals surface area (Å²) in [6.07, 6.45) is 0. The Hall–Kier alpha value is -1.66. The van der Waals surface area contributed by atoms with Crippen molar-refractivity contribution in [3.63, 3.8) is 0 Å². The Labute approximate surface area is 112 Å². The lowest BCUT2D eigenvalue weighted by atomic mass is 10.1. The van der Waals surface area contributed by atoms with Crippen LogP contribution in [0.1, 0.15) is 5.56 Å². The van der Waals surface area contributed by atoms with Crippen molar-refractivity contribution in [2.45, 2.75) is 0 Å². The third-order valence-corrected chi connectivity index (χ3v) is 3.13. The third-order valence-electron chi connectivity index (χ3n) is 3.13. The van der Waals surface area contributed by atoms with E-state index in [0.29, 0.717) is 12.2 Å². The molecule has 5 nitrogen and oxygen atoms in total. The monoisotopic (exact) mass is 266 g/mol. The summed E-state index contributed by atoms with van der Waals surface area (Å²) >= 11 is 0. The van der Waals surface area contributed by atoms with Gasteiger partial charge < -0.3 is 15.8 Å². The topological polar surface area (TPSA) is 74.4 Å². The number of nitrogen functional groups attached to an aromatic ring is 1. The molecule has 0 aromatic heterocycles. The van der Waals surface area contributed by atoms with Gasteiger partial charge in [-0.1, -0.05) is 6.07 Å². The van der Waals surface area contributed by atoms with Crippen LogP contribution >= 0.6 is 0 Å². The van der Waals surface area contributed by atoms with Gasteiger partial charge in [0.15, 0.2) is 0 Å². The van der Waals surface area contributed by atoms with Crippen LogP contribution in [0.25, 0.3) is 0 Å². The smallest absolute Gasteiger partial charge is 0.136 e. The summed E-state index contributed by atoms with van der Waals surface area (Å²) < 4.78 is 18.9. The van der Waals surface area contributed by atoms with E-state index in [2.05, 4.69) is 10.2 Å². The first-order valence-electron chi connectivity index (χ1n) is 6.35. The highest BCUT2D eigenvalue weighted by Crippen LogP contribution is 2.18.